The lowest BCUT2D eigenvalue weighted by Gasteiger charge is -2.26. The van der Waals surface area contributed by atoms with Crippen LogP contribution in [0.2, 0.25) is 0 Å². The molecule has 3 nitrogen and oxygen atoms in total. The van der Waals surface area contributed by atoms with Crippen LogP contribution < -0.4 is 5.32 Å². The normalized spacial score (nSPS) is 22.3. The molecule has 0 aliphatic carbocycles. The van der Waals surface area contributed by atoms with Gasteiger partial charge in [0.05, 0.1) is 11.2 Å². The standard InChI is InChI=1S/C14H16F3NO2S/c1-20-13(6-7-21-9-13)8-18-12(19)10-2-4-11(5-3-10)14(15,16)17/h2-5H,6-9H2,1H3,(H,18,19). The molecule has 7 heteroatoms. The average Bonchev–Trinajstić information content (AvgIpc) is 2.93. The fourth-order valence-corrected chi connectivity index (χ4v) is 3.51. The van der Waals surface area contributed by atoms with Gasteiger partial charge in [0.25, 0.3) is 5.91 Å². The Morgan fingerprint density at radius 1 is 1.38 bits per heavy atom. The minimum absolute atomic E-state index is 0.208. The second kappa shape index (κ2) is 6.27. The second-order valence-electron chi connectivity index (χ2n) is 4.95. The number of halogens is 3. The molecule has 1 aliphatic rings. The van der Waals surface area contributed by atoms with Gasteiger partial charge in [-0.25, -0.2) is 0 Å². The van der Waals surface area contributed by atoms with Crippen molar-refractivity contribution < 1.29 is 22.7 Å². The van der Waals surface area contributed by atoms with E-state index in [1.807, 2.05) is 0 Å². The Bertz CT molecular complexity index is 496. The lowest BCUT2D eigenvalue weighted by molar-refractivity contribution is -0.137. The molecule has 1 unspecified atom stereocenters. The topological polar surface area (TPSA) is 38.3 Å². The summed E-state index contributed by atoms with van der Waals surface area (Å²) in [5, 5.41) is 2.73. The van der Waals surface area contributed by atoms with Crippen LogP contribution in [0.15, 0.2) is 24.3 Å². The Balaban J connectivity index is 1.97. The molecule has 1 aliphatic heterocycles. The zero-order chi connectivity index (χ0) is 15.5. The largest absolute Gasteiger partial charge is 0.416 e. The molecule has 1 amide bonds. The number of carbonyl (C=O) groups is 1. The van der Waals surface area contributed by atoms with Crippen LogP contribution in [0.25, 0.3) is 0 Å². The Labute approximate surface area is 125 Å². The third-order valence-corrected chi connectivity index (χ3v) is 4.77. The van der Waals surface area contributed by atoms with Crippen LogP contribution in [0.1, 0.15) is 22.3 Å². The summed E-state index contributed by atoms with van der Waals surface area (Å²) < 4.78 is 42.8. The molecule has 1 aromatic carbocycles. The molecule has 0 bridgehead atoms. The number of benzene rings is 1. The summed E-state index contributed by atoms with van der Waals surface area (Å²) in [5.41, 5.74) is -0.925. The molecular weight excluding hydrogens is 303 g/mol. The lowest BCUT2D eigenvalue weighted by Crippen LogP contribution is -2.44. The first-order chi connectivity index (χ1) is 9.86. The number of hydrogen-bond donors (Lipinski definition) is 1. The molecule has 1 saturated heterocycles. The van der Waals surface area contributed by atoms with Crippen molar-refractivity contribution in [2.75, 3.05) is 25.2 Å². The van der Waals surface area contributed by atoms with Gasteiger partial charge in [-0.05, 0) is 36.4 Å². The van der Waals surface area contributed by atoms with E-state index in [0.717, 1.165) is 30.1 Å². The summed E-state index contributed by atoms with van der Waals surface area (Å²) in [7, 11) is 1.61. The average molecular weight is 319 g/mol. The van der Waals surface area contributed by atoms with Crippen molar-refractivity contribution in [1.82, 2.24) is 5.32 Å². The van der Waals surface area contributed by atoms with E-state index < -0.39 is 17.6 Å². The summed E-state index contributed by atoms with van der Waals surface area (Å²) >= 11 is 1.76. The highest BCUT2D eigenvalue weighted by atomic mass is 32.2. The van der Waals surface area contributed by atoms with Crippen molar-refractivity contribution >= 4 is 17.7 Å². The molecule has 1 aromatic rings. The molecule has 0 radical (unpaired) electrons. The molecule has 21 heavy (non-hydrogen) atoms. The van der Waals surface area contributed by atoms with Gasteiger partial charge in [0.2, 0.25) is 0 Å². The number of alkyl halides is 3. The van der Waals surface area contributed by atoms with E-state index in [1.54, 1.807) is 18.9 Å². The summed E-state index contributed by atoms with van der Waals surface area (Å²) in [6.07, 6.45) is -3.54. The van der Waals surface area contributed by atoms with Crippen LogP contribution in [-0.2, 0) is 10.9 Å². The minimum Gasteiger partial charge on any atom is -0.376 e. The lowest BCUT2D eigenvalue weighted by atomic mass is 10.0. The summed E-state index contributed by atoms with van der Waals surface area (Å²) in [4.78, 5) is 12.0. The van der Waals surface area contributed by atoms with Crippen LogP contribution in [0.3, 0.4) is 0 Å². The highest BCUT2D eigenvalue weighted by Crippen LogP contribution is 2.31. The van der Waals surface area contributed by atoms with Crippen molar-refractivity contribution in [3.8, 4) is 0 Å². The van der Waals surface area contributed by atoms with Gasteiger partial charge in [-0.3, -0.25) is 4.79 Å². The maximum Gasteiger partial charge on any atom is 0.416 e. The van der Waals surface area contributed by atoms with E-state index in [1.165, 1.54) is 12.1 Å². The Morgan fingerprint density at radius 3 is 2.52 bits per heavy atom. The van der Waals surface area contributed by atoms with Gasteiger partial charge in [-0.2, -0.15) is 24.9 Å². The molecular formula is C14H16F3NO2S. The van der Waals surface area contributed by atoms with E-state index >= 15 is 0 Å². The van der Waals surface area contributed by atoms with E-state index in [-0.39, 0.29) is 11.2 Å². The van der Waals surface area contributed by atoms with Crippen molar-refractivity contribution in [3.05, 3.63) is 35.4 Å². The number of ether oxygens (including phenoxy) is 1. The molecule has 0 saturated carbocycles. The fourth-order valence-electron chi connectivity index (χ4n) is 2.12. The zero-order valence-corrected chi connectivity index (χ0v) is 12.3. The Kier molecular flexibility index (Phi) is 4.83. The SMILES string of the molecule is COC1(CNC(=O)c2ccc(C(F)(F)F)cc2)CCSC1. The fraction of sp³-hybridized carbons (Fsp3) is 0.500. The van der Waals surface area contributed by atoms with E-state index in [0.29, 0.717) is 6.54 Å². The molecule has 0 spiro atoms. The van der Waals surface area contributed by atoms with E-state index in [4.69, 9.17) is 4.74 Å². The molecule has 116 valence electrons. The number of rotatable bonds is 4. The molecule has 1 fully saturated rings. The van der Waals surface area contributed by atoms with Crippen molar-refractivity contribution in [2.45, 2.75) is 18.2 Å². The van der Waals surface area contributed by atoms with Crippen LogP contribution in [0.4, 0.5) is 13.2 Å². The van der Waals surface area contributed by atoms with Crippen molar-refractivity contribution in [1.29, 1.82) is 0 Å². The van der Waals surface area contributed by atoms with Gasteiger partial charge in [0, 0.05) is 25.0 Å². The van der Waals surface area contributed by atoms with Gasteiger partial charge in [-0.1, -0.05) is 0 Å². The molecule has 1 N–H and O–H groups in total. The quantitative estimate of drug-likeness (QED) is 0.927. The van der Waals surface area contributed by atoms with Crippen LogP contribution in [-0.4, -0.2) is 36.7 Å². The number of hydrogen-bond acceptors (Lipinski definition) is 3. The monoisotopic (exact) mass is 319 g/mol. The first-order valence-electron chi connectivity index (χ1n) is 6.45. The van der Waals surface area contributed by atoms with Gasteiger partial charge < -0.3 is 10.1 Å². The number of nitrogens with one attached hydrogen (secondary N) is 1. The number of methoxy groups -OCH3 is 1. The predicted molar refractivity (Wildman–Crippen MR) is 75.5 cm³/mol. The third kappa shape index (κ3) is 3.91. The van der Waals surface area contributed by atoms with Gasteiger partial charge in [0.15, 0.2) is 0 Å². The summed E-state index contributed by atoms with van der Waals surface area (Å²) in [6.45, 7) is 0.357. The number of amides is 1. The second-order valence-corrected chi connectivity index (χ2v) is 6.05. The van der Waals surface area contributed by atoms with E-state index in [9.17, 15) is 18.0 Å². The smallest absolute Gasteiger partial charge is 0.376 e. The molecule has 1 heterocycles. The molecule has 1 atom stereocenters. The molecule has 2 rings (SSSR count). The summed E-state index contributed by atoms with van der Waals surface area (Å²) in [5.74, 6) is 1.39. The predicted octanol–water partition coefficient (Wildman–Crippen LogP) is 2.96. The van der Waals surface area contributed by atoms with Crippen LogP contribution in [0, 0.1) is 0 Å². The van der Waals surface area contributed by atoms with E-state index in [2.05, 4.69) is 5.32 Å². The molecule has 0 aromatic heterocycles. The van der Waals surface area contributed by atoms with Gasteiger partial charge >= 0.3 is 6.18 Å². The number of thioether (sulfide) groups is 1. The highest BCUT2D eigenvalue weighted by Gasteiger charge is 2.35. The zero-order valence-electron chi connectivity index (χ0n) is 11.5. The number of carbonyl (C=O) groups excluding carboxylic acids is 1. The maximum absolute atomic E-state index is 12.4. The minimum atomic E-state index is -4.39. The summed E-state index contributed by atoms with van der Waals surface area (Å²) in [6, 6.07) is 4.18. The Hall–Kier alpha value is -1.21. The van der Waals surface area contributed by atoms with Gasteiger partial charge in [-0.15, -0.1) is 0 Å². The first kappa shape index (κ1) is 16.2. The van der Waals surface area contributed by atoms with Crippen molar-refractivity contribution in [2.24, 2.45) is 0 Å². The Morgan fingerprint density at radius 2 is 2.05 bits per heavy atom. The third-order valence-electron chi connectivity index (χ3n) is 3.55. The van der Waals surface area contributed by atoms with Crippen LogP contribution >= 0.6 is 11.8 Å². The van der Waals surface area contributed by atoms with Crippen LogP contribution in [0.5, 0.6) is 0 Å². The van der Waals surface area contributed by atoms with Crippen molar-refractivity contribution in [3.63, 3.8) is 0 Å². The highest BCUT2D eigenvalue weighted by molar-refractivity contribution is 7.99. The first-order valence-corrected chi connectivity index (χ1v) is 7.60. The van der Waals surface area contributed by atoms with Gasteiger partial charge in [0.1, 0.15) is 0 Å². The maximum atomic E-state index is 12.4.